The number of anilines is 3. The van der Waals surface area contributed by atoms with E-state index in [1.807, 2.05) is 11.3 Å². The summed E-state index contributed by atoms with van der Waals surface area (Å²) in [5.41, 5.74) is 12.2. The first-order valence-electron chi connectivity index (χ1n) is 18.7. The highest BCUT2D eigenvalue weighted by atomic mass is 32.1. The van der Waals surface area contributed by atoms with Crippen LogP contribution >= 0.6 is 11.3 Å². The monoisotopic (exact) mass is 719 g/mol. The molecule has 0 aliphatic carbocycles. The lowest BCUT2D eigenvalue weighted by molar-refractivity contribution is 0.669. The third-order valence-electron chi connectivity index (χ3n) is 10.9. The average Bonchev–Trinajstić information content (AvgIpc) is 3.82. The lowest BCUT2D eigenvalue weighted by Crippen LogP contribution is -2.09. The van der Waals surface area contributed by atoms with Crippen LogP contribution in [0, 0.1) is 0 Å². The number of benzene rings is 9. The van der Waals surface area contributed by atoms with Crippen molar-refractivity contribution in [1.82, 2.24) is 0 Å². The van der Waals surface area contributed by atoms with Gasteiger partial charge in [0.15, 0.2) is 0 Å². The minimum Gasteiger partial charge on any atom is -0.456 e. The van der Waals surface area contributed by atoms with Crippen molar-refractivity contribution in [3.8, 4) is 33.4 Å². The second kappa shape index (κ2) is 12.9. The third-order valence-corrected chi connectivity index (χ3v) is 12.0. The second-order valence-corrected chi connectivity index (χ2v) is 15.2. The number of rotatable bonds is 6. The zero-order chi connectivity index (χ0) is 36.3. The molecule has 0 unspecified atom stereocenters. The maximum Gasteiger partial charge on any atom is 0.136 e. The third kappa shape index (κ3) is 5.40. The van der Waals surface area contributed by atoms with Crippen LogP contribution in [0.1, 0.15) is 0 Å². The molecule has 0 saturated carbocycles. The topological polar surface area (TPSA) is 16.4 Å². The van der Waals surface area contributed by atoms with Crippen LogP contribution in [0.4, 0.5) is 17.1 Å². The van der Waals surface area contributed by atoms with Gasteiger partial charge in [0.2, 0.25) is 0 Å². The van der Waals surface area contributed by atoms with E-state index in [9.17, 15) is 0 Å². The standard InChI is InChI=1S/C52H33NOS/c1-3-12-34(13-4-1)37-16-11-17-40(30-37)53(41-27-28-44-43-19-9-10-21-50(43)55-51(44)32-41)39-25-22-35(23-26-39)38-24-29-48-47(31-38)52-45-20-8-7-18-42(45)46(33-49(52)54-48)36-14-5-2-6-15-36/h1-33H. The number of thiophene rings is 1. The Morgan fingerprint density at radius 1 is 0.327 bits per heavy atom. The lowest BCUT2D eigenvalue weighted by atomic mass is 9.94. The van der Waals surface area contributed by atoms with Crippen LogP contribution in [0.25, 0.3) is 86.3 Å². The summed E-state index contributed by atoms with van der Waals surface area (Å²) in [5, 5.41) is 7.32. The fraction of sp³-hybridized carbons (Fsp3) is 0. The molecule has 0 saturated heterocycles. The van der Waals surface area contributed by atoms with Gasteiger partial charge in [-0.25, -0.2) is 0 Å². The summed E-state index contributed by atoms with van der Waals surface area (Å²) < 4.78 is 9.14. The molecule has 2 heterocycles. The largest absolute Gasteiger partial charge is 0.456 e. The first-order chi connectivity index (χ1) is 27.2. The van der Waals surface area contributed by atoms with Crippen LogP contribution in [0.15, 0.2) is 205 Å². The predicted octanol–water partition coefficient (Wildman–Crippen LogP) is 15.6. The summed E-state index contributed by atoms with van der Waals surface area (Å²) in [7, 11) is 0. The summed E-state index contributed by atoms with van der Waals surface area (Å²) in [6.45, 7) is 0. The van der Waals surface area contributed by atoms with Crippen molar-refractivity contribution in [2.24, 2.45) is 0 Å². The molecule has 0 aliphatic rings. The predicted molar refractivity (Wildman–Crippen MR) is 235 cm³/mol. The van der Waals surface area contributed by atoms with Crippen LogP contribution in [0.3, 0.4) is 0 Å². The molecule has 0 fully saturated rings. The number of furan rings is 1. The van der Waals surface area contributed by atoms with Crippen LogP contribution < -0.4 is 4.90 Å². The minimum absolute atomic E-state index is 0.895. The van der Waals surface area contributed by atoms with Crippen LogP contribution in [-0.2, 0) is 0 Å². The number of nitrogens with zero attached hydrogens (tertiary/aromatic N) is 1. The van der Waals surface area contributed by atoms with E-state index in [-0.39, 0.29) is 0 Å². The molecule has 0 bridgehead atoms. The molecule has 11 aromatic rings. The molecule has 0 atom stereocenters. The van der Waals surface area contributed by atoms with E-state index in [1.165, 1.54) is 53.2 Å². The molecule has 3 heteroatoms. The van der Waals surface area contributed by atoms with Gasteiger partial charge >= 0.3 is 0 Å². The van der Waals surface area contributed by atoms with E-state index in [2.05, 4.69) is 205 Å². The highest BCUT2D eigenvalue weighted by Crippen LogP contribution is 2.44. The van der Waals surface area contributed by atoms with E-state index >= 15 is 0 Å². The number of hydrogen-bond donors (Lipinski definition) is 0. The molecule has 11 rings (SSSR count). The second-order valence-electron chi connectivity index (χ2n) is 14.1. The van der Waals surface area contributed by atoms with E-state index in [4.69, 9.17) is 4.42 Å². The molecule has 258 valence electrons. The van der Waals surface area contributed by atoms with Crippen LogP contribution in [-0.4, -0.2) is 0 Å². The number of hydrogen-bond acceptors (Lipinski definition) is 3. The molecule has 0 radical (unpaired) electrons. The Morgan fingerprint density at radius 3 is 1.75 bits per heavy atom. The molecule has 55 heavy (non-hydrogen) atoms. The van der Waals surface area contributed by atoms with Gasteiger partial charge in [-0.05, 0) is 105 Å². The zero-order valence-corrected chi connectivity index (χ0v) is 30.6. The van der Waals surface area contributed by atoms with Crippen LogP contribution in [0.5, 0.6) is 0 Å². The van der Waals surface area contributed by atoms with Crippen molar-refractivity contribution in [3.05, 3.63) is 200 Å². The first-order valence-corrected chi connectivity index (χ1v) is 19.5. The van der Waals surface area contributed by atoms with Gasteiger partial charge in [0.05, 0.1) is 0 Å². The van der Waals surface area contributed by atoms with Gasteiger partial charge < -0.3 is 9.32 Å². The molecule has 0 N–H and O–H groups in total. The molecular weight excluding hydrogens is 687 g/mol. The molecule has 0 aliphatic heterocycles. The maximum atomic E-state index is 6.55. The highest BCUT2D eigenvalue weighted by molar-refractivity contribution is 7.25. The van der Waals surface area contributed by atoms with Crippen molar-refractivity contribution in [2.75, 3.05) is 4.90 Å². The van der Waals surface area contributed by atoms with Gasteiger partial charge in [0, 0.05) is 48.0 Å². The fourth-order valence-corrected chi connectivity index (χ4v) is 9.38. The quantitative estimate of drug-likeness (QED) is 0.170. The van der Waals surface area contributed by atoms with Crippen molar-refractivity contribution in [2.45, 2.75) is 0 Å². The Balaban J connectivity index is 1.03. The van der Waals surface area contributed by atoms with Gasteiger partial charge in [-0.15, -0.1) is 11.3 Å². The van der Waals surface area contributed by atoms with Crippen molar-refractivity contribution >= 4 is 81.3 Å². The molecule has 2 aromatic heterocycles. The van der Waals surface area contributed by atoms with E-state index in [1.54, 1.807) is 0 Å². The summed E-state index contributed by atoms with van der Waals surface area (Å²) in [6, 6.07) is 72.1. The Hall–Kier alpha value is -6.94. The van der Waals surface area contributed by atoms with Crippen molar-refractivity contribution < 1.29 is 4.42 Å². The van der Waals surface area contributed by atoms with Gasteiger partial charge in [-0.1, -0.05) is 140 Å². The van der Waals surface area contributed by atoms with E-state index < -0.39 is 0 Å². The molecule has 0 amide bonds. The fourth-order valence-electron chi connectivity index (χ4n) is 8.24. The van der Waals surface area contributed by atoms with E-state index in [0.29, 0.717) is 0 Å². The lowest BCUT2D eigenvalue weighted by Gasteiger charge is -2.26. The molecule has 2 nitrogen and oxygen atoms in total. The highest BCUT2D eigenvalue weighted by Gasteiger charge is 2.18. The van der Waals surface area contributed by atoms with Crippen molar-refractivity contribution in [3.63, 3.8) is 0 Å². The van der Waals surface area contributed by atoms with Gasteiger partial charge in [0.25, 0.3) is 0 Å². The molecule has 9 aromatic carbocycles. The Kier molecular flexibility index (Phi) is 7.39. The Bertz CT molecular complexity index is 3190. The van der Waals surface area contributed by atoms with Gasteiger partial charge in [-0.3, -0.25) is 0 Å². The van der Waals surface area contributed by atoms with Gasteiger partial charge in [-0.2, -0.15) is 0 Å². The maximum absolute atomic E-state index is 6.55. The SMILES string of the molecule is c1ccc(-c2cccc(N(c3ccc(-c4ccc5oc6cc(-c7ccccc7)c7ccccc7c6c5c4)cc3)c3ccc4c(c3)sc3ccccc34)c2)cc1. The average molecular weight is 720 g/mol. The van der Waals surface area contributed by atoms with Crippen molar-refractivity contribution in [1.29, 1.82) is 0 Å². The smallest absolute Gasteiger partial charge is 0.136 e. The van der Waals surface area contributed by atoms with Crippen LogP contribution in [0.2, 0.25) is 0 Å². The minimum atomic E-state index is 0.895. The normalized spacial score (nSPS) is 11.6. The summed E-state index contributed by atoms with van der Waals surface area (Å²) in [6.07, 6.45) is 0. The number of fused-ring (bicyclic) bond motifs is 8. The molecule has 0 spiro atoms. The Morgan fingerprint density at radius 2 is 0.927 bits per heavy atom. The summed E-state index contributed by atoms with van der Waals surface area (Å²) in [5.74, 6) is 0. The zero-order valence-electron chi connectivity index (χ0n) is 29.8. The van der Waals surface area contributed by atoms with Gasteiger partial charge in [0.1, 0.15) is 11.2 Å². The summed E-state index contributed by atoms with van der Waals surface area (Å²) >= 11 is 1.85. The summed E-state index contributed by atoms with van der Waals surface area (Å²) in [4.78, 5) is 2.38. The van der Waals surface area contributed by atoms with E-state index in [0.717, 1.165) is 50.1 Å². The molecular formula is C52H33NOS. The Labute approximate surface area is 322 Å². The first kappa shape index (κ1) is 31.6.